The van der Waals surface area contributed by atoms with Crippen molar-refractivity contribution in [2.45, 2.75) is 25.7 Å². The molecule has 0 unspecified atom stereocenters. The minimum atomic E-state index is -3.21. The molecule has 6 nitrogen and oxygen atoms in total. The first-order valence-electron chi connectivity index (χ1n) is 7.45. The van der Waals surface area contributed by atoms with Crippen LogP contribution in [0.4, 0.5) is 10.5 Å². The summed E-state index contributed by atoms with van der Waals surface area (Å²) in [6.45, 7) is 0.517. The third-order valence-corrected chi connectivity index (χ3v) is 5.24. The van der Waals surface area contributed by atoms with E-state index in [1.165, 1.54) is 28.9 Å². The monoisotopic (exact) mass is 325 g/mol. The molecule has 0 heterocycles. The van der Waals surface area contributed by atoms with Gasteiger partial charge in [-0.1, -0.05) is 12.1 Å². The average molecular weight is 325 g/mol. The topological polar surface area (TPSA) is 78.5 Å². The number of benzene rings is 1. The minimum Gasteiger partial charge on any atom is -0.337 e. The van der Waals surface area contributed by atoms with E-state index in [0.29, 0.717) is 0 Å². The van der Waals surface area contributed by atoms with E-state index in [1.807, 2.05) is 12.1 Å². The molecular weight excluding hydrogens is 302 g/mol. The predicted molar refractivity (Wildman–Crippen MR) is 87.6 cm³/mol. The molecule has 0 saturated carbocycles. The second-order valence-corrected chi connectivity index (χ2v) is 7.71. The summed E-state index contributed by atoms with van der Waals surface area (Å²) in [5.41, 5.74) is 3.38. The van der Waals surface area contributed by atoms with Crippen molar-refractivity contribution in [2.24, 2.45) is 0 Å². The van der Waals surface area contributed by atoms with Crippen LogP contribution in [0.15, 0.2) is 18.2 Å². The van der Waals surface area contributed by atoms with Gasteiger partial charge in [-0.25, -0.2) is 17.5 Å². The number of likely N-dealkylation sites (N-methyl/N-ethyl adjacent to an activating group) is 1. The lowest BCUT2D eigenvalue weighted by Crippen LogP contribution is -2.37. The van der Waals surface area contributed by atoms with Gasteiger partial charge in [0.25, 0.3) is 0 Å². The van der Waals surface area contributed by atoms with E-state index in [1.54, 1.807) is 0 Å². The van der Waals surface area contributed by atoms with Gasteiger partial charge in [-0.15, -0.1) is 0 Å². The highest BCUT2D eigenvalue weighted by Gasteiger charge is 2.15. The van der Waals surface area contributed by atoms with Crippen LogP contribution in [0.1, 0.15) is 24.0 Å². The molecule has 0 spiro atoms. The zero-order chi connectivity index (χ0) is 16.2. The van der Waals surface area contributed by atoms with Crippen molar-refractivity contribution in [1.82, 2.24) is 9.62 Å². The smallest absolute Gasteiger partial charge is 0.319 e. The first-order chi connectivity index (χ1) is 10.4. The third-order valence-electron chi connectivity index (χ3n) is 3.92. The van der Waals surface area contributed by atoms with Gasteiger partial charge in [0.1, 0.15) is 0 Å². The Morgan fingerprint density at radius 3 is 2.73 bits per heavy atom. The SMILES string of the molecule is CN(CCNC(=O)Nc1cccc2c1CCCC2)S(C)(=O)=O. The standard InChI is InChI=1S/C15H23N3O3S/c1-18(22(2,20)21)11-10-16-15(19)17-14-9-5-7-12-6-3-4-8-13(12)14/h5,7,9H,3-4,6,8,10-11H2,1-2H3,(H2,16,17,19). The first kappa shape index (κ1) is 16.8. The van der Waals surface area contributed by atoms with Gasteiger partial charge < -0.3 is 10.6 Å². The van der Waals surface area contributed by atoms with Gasteiger partial charge in [0, 0.05) is 25.8 Å². The number of amides is 2. The zero-order valence-electron chi connectivity index (χ0n) is 13.1. The summed E-state index contributed by atoms with van der Waals surface area (Å²) in [6, 6.07) is 5.67. The van der Waals surface area contributed by atoms with Crippen LogP contribution in [-0.2, 0) is 22.9 Å². The maximum absolute atomic E-state index is 11.9. The number of nitrogens with one attached hydrogen (secondary N) is 2. The van der Waals surface area contributed by atoms with Crippen LogP contribution in [0.5, 0.6) is 0 Å². The van der Waals surface area contributed by atoms with Gasteiger partial charge >= 0.3 is 6.03 Å². The molecule has 0 fully saturated rings. The Labute approximate surface area is 131 Å². The van der Waals surface area contributed by atoms with Crippen molar-refractivity contribution < 1.29 is 13.2 Å². The fourth-order valence-corrected chi connectivity index (χ4v) is 2.98. The van der Waals surface area contributed by atoms with Crippen molar-refractivity contribution in [1.29, 1.82) is 0 Å². The molecule has 0 aliphatic heterocycles. The van der Waals surface area contributed by atoms with Crippen LogP contribution in [0.3, 0.4) is 0 Å². The third kappa shape index (κ3) is 4.45. The number of urea groups is 1. The molecule has 1 aliphatic carbocycles. The molecule has 2 N–H and O–H groups in total. The molecule has 1 aromatic rings. The molecule has 1 aliphatic rings. The van der Waals surface area contributed by atoms with Crippen LogP contribution < -0.4 is 10.6 Å². The van der Waals surface area contributed by atoms with Crippen molar-refractivity contribution in [3.63, 3.8) is 0 Å². The number of hydrogen-bond donors (Lipinski definition) is 2. The van der Waals surface area contributed by atoms with Crippen molar-refractivity contribution >= 4 is 21.7 Å². The molecule has 2 amide bonds. The summed E-state index contributed by atoms with van der Waals surface area (Å²) in [6.07, 6.45) is 5.53. The number of nitrogens with zero attached hydrogens (tertiary/aromatic N) is 1. The van der Waals surface area contributed by atoms with Gasteiger partial charge in [0.15, 0.2) is 0 Å². The Kier molecular flexibility index (Phi) is 5.42. The highest BCUT2D eigenvalue weighted by Crippen LogP contribution is 2.27. The normalized spacial score (nSPS) is 14.5. The number of anilines is 1. The Balaban J connectivity index is 1.88. The summed E-state index contributed by atoms with van der Waals surface area (Å²) >= 11 is 0. The average Bonchev–Trinajstić information content (AvgIpc) is 2.46. The Morgan fingerprint density at radius 1 is 1.27 bits per heavy atom. The molecule has 0 atom stereocenters. The number of carbonyl (C=O) groups is 1. The molecule has 122 valence electrons. The van der Waals surface area contributed by atoms with E-state index in [2.05, 4.69) is 16.7 Å². The van der Waals surface area contributed by atoms with Gasteiger partial charge in [0.2, 0.25) is 10.0 Å². The van der Waals surface area contributed by atoms with Crippen molar-refractivity contribution in [3.05, 3.63) is 29.3 Å². The summed E-state index contributed by atoms with van der Waals surface area (Å²) in [5, 5.41) is 5.55. The van der Waals surface area contributed by atoms with Crippen LogP contribution >= 0.6 is 0 Å². The minimum absolute atomic E-state index is 0.249. The fourth-order valence-electron chi connectivity index (χ4n) is 2.56. The van der Waals surface area contributed by atoms with E-state index in [4.69, 9.17) is 0 Å². The number of aryl methyl sites for hydroxylation is 1. The molecule has 0 bridgehead atoms. The predicted octanol–water partition coefficient (Wildman–Crippen LogP) is 1.58. The van der Waals surface area contributed by atoms with Crippen molar-refractivity contribution in [3.8, 4) is 0 Å². The van der Waals surface area contributed by atoms with E-state index < -0.39 is 10.0 Å². The lowest BCUT2D eigenvalue weighted by atomic mass is 9.90. The van der Waals surface area contributed by atoms with E-state index in [-0.39, 0.29) is 19.1 Å². The summed E-state index contributed by atoms with van der Waals surface area (Å²) in [5.74, 6) is 0. The maximum atomic E-state index is 11.9. The van der Waals surface area contributed by atoms with Gasteiger partial charge in [-0.3, -0.25) is 0 Å². The fraction of sp³-hybridized carbons (Fsp3) is 0.533. The van der Waals surface area contributed by atoms with E-state index >= 15 is 0 Å². The molecule has 22 heavy (non-hydrogen) atoms. The molecule has 0 aromatic heterocycles. The quantitative estimate of drug-likeness (QED) is 0.863. The number of hydrogen-bond acceptors (Lipinski definition) is 3. The second kappa shape index (κ2) is 7.11. The second-order valence-electron chi connectivity index (χ2n) is 5.62. The molecule has 0 saturated heterocycles. The van der Waals surface area contributed by atoms with E-state index in [9.17, 15) is 13.2 Å². The van der Waals surface area contributed by atoms with Crippen molar-refractivity contribution in [2.75, 3.05) is 31.7 Å². The maximum Gasteiger partial charge on any atom is 0.319 e. The molecule has 7 heteroatoms. The van der Waals surface area contributed by atoms with Gasteiger partial charge in [-0.2, -0.15) is 0 Å². The van der Waals surface area contributed by atoms with Gasteiger partial charge in [-0.05, 0) is 42.9 Å². The van der Waals surface area contributed by atoms with Crippen LogP contribution in [-0.4, -0.2) is 45.1 Å². The summed E-state index contributed by atoms with van der Waals surface area (Å²) < 4.78 is 23.7. The largest absolute Gasteiger partial charge is 0.337 e. The Bertz CT molecular complexity index is 643. The van der Waals surface area contributed by atoms with E-state index in [0.717, 1.165) is 31.2 Å². The Hall–Kier alpha value is -1.60. The van der Waals surface area contributed by atoms with Gasteiger partial charge in [0.05, 0.1) is 6.26 Å². The Morgan fingerprint density at radius 2 is 2.00 bits per heavy atom. The lowest BCUT2D eigenvalue weighted by molar-refractivity contribution is 0.251. The molecule has 2 rings (SSSR count). The molecule has 0 radical (unpaired) electrons. The number of rotatable bonds is 5. The van der Waals surface area contributed by atoms with Crippen LogP contribution in [0, 0.1) is 0 Å². The number of sulfonamides is 1. The summed E-state index contributed by atoms with van der Waals surface area (Å²) in [7, 11) is -1.72. The highest BCUT2D eigenvalue weighted by molar-refractivity contribution is 7.88. The van der Waals surface area contributed by atoms with Crippen LogP contribution in [0.25, 0.3) is 0 Å². The zero-order valence-corrected chi connectivity index (χ0v) is 13.9. The number of fused-ring (bicyclic) bond motifs is 1. The molecule has 1 aromatic carbocycles. The lowest BCUT2D eigenvalue weighted by Gasteiger charge is -2.20. The first-order valence-corrected chi connectivity index (χ1v) is 9.29. The van der Waals surface area contributed by atoms with Crippen LogP contribution in [0.2, 0.25) is 0 Å². The highest BCUT2D eigenvalue weighted by atomic mass is 32.2. The molecular formula is C15H23N3O3S. The summed E-state index contributed by atoms with van der Waals surface area (Å²) in [4.78, 5) is 11.9. The number of carbonyl (C=O) groups excluding carboxylic acids is 1.